The van der Waals surface area contributed by atoms with Gasteiger partial charge in [0.1, 0.15) is 11.4 Å². The fourth-order valence-electron chi connectivity index (χ4n) is 2.45. The van der Waals surface area contributed by atoms with E-state index in [2.05, 4.69) is 10.3 Å². The van der Waals surface area contributed by atoms with Crippen molar-refractivity contribution in [1.82, 2.24) is 14.9 Å². The highest BCUT2D eigenvalue weighted by Crippen LogP contribution is 2.45. The van der Waals surface area contributed by atoms with Gasteiger partial charge in [0.15, 0.2) is 5.76 Å². The second kappa shape index (κ2) is 3.85. The number of rotatable bonds is 1. The molecule has 2 aromatic heterocycles. The number of halogens is 3. The molecule has 0 aromatic carbocycles. The van der Waals surface area contributed by atoms with E-state index in [9.17, 15) is 18.3 Å². The molecular weight excluding hydrogens is 275 g/mol. The van der Waals surface area contributed by atoms with E-state index in [-0.39, 0.29) is 11.7 Å². The van der Waals surface area contributed by atoms with Gasteiger partial charge in [0.2, 0.25) is 5.60 Å². The Balaban J connectivity index is 2.20. The molecule has 1 aliphatic rings. The summed E-state index contributed by atoms with van der Waals surface area (Å²) >= 11 is 0. The van der Waals surface area contributed by atoms with E-state index in [0.717, 1.165) is 0 Å². The highest BCUT2D eigenvalue weighted by molar-refractivity contribution is 5.61. The molecule has 108 valence electrons. The van der Waals surface area contributed by atoms with Crippen LogP contribution in [0, 0.1) is 0 Å². The summed E-state index contributed by atoms with van der Waals surface area (Å²) in [4.78, 5) is 0. The first-order chi connectivity index (χ1) is 9.23. The van der Waals surface area contributed by atoms with E-state index in [1.54, 1.807) is 23.9 Å². The third-order valence-electron chi connectivity index (χ3n) is 3.63. The van der Waals surface area contributed by atoms with Crippen LogP contribution in [-0.4, -0.2) is 26.2 Å². The van der Waals surface area contributed by atoms with Gasteiger partial charge in [-0.05, 0) is 13.0 Å². The SMILES string of the molecule is C[C@H]1Cn2nccc2-c2onc([C@@](C)(O)C(F)(F)F)c21. The molecule has 0 radical (unpaired) electrons. The Hall–Kier alpha value is -1.83. The van der Waals surface area contributed by atoms with Gasteiger partial charge < -0.3 is 9.63 Å². The van der Waals surface area contributed by atoms with E-state index in [1.807, 2.05) is 0 Å². The van der Waals surface area contributed by atoms with Crippen molar-refractivity contribution in [3.05, 3.63) is 23.5 Å². The molecule has 8 heteroatoms. The fourth-order valence-corrected chi connectivity index (χ4v) is 2.45. The van der Waals surface area contributed by atoms with E-state index >= 15 is 0 Å². The monoisotopic (exact) mass is 287 g/mol. The van der Waals surface area contributed by atoms with Crippen LogP contribution >= 0.6 is 0 Å². The smallest absolute Gasteiger partial charge is 0.375 e. The van der Waals surface area contributed by atoms with Crippen molar-refractivity contribution in [3.8, 4) is 11.5 Å². The van der Waals surface area contributed by atoms with Gasteiger partial charge >= 0.3 is 6.18 Å². The van der Waals surface area contributed by atoms with Gasteiger partial charge in [-0.1, -0.05) is 12.1 Å². The van der Waals surface area contributed by atoms with Crippen LogP contribution in [0.25, 0.3) is 11.5 Å². The molecule has 20 heavy (non-hydrogen) atoms. The van der Waals surface area contributed by atoms with Crippen LogP contribution in [0.1, 0.15) is 31.0 Å². The number of aliphatic hydroxyl groups is 1. The maximum Gasteiger partial charge on any atom is 0.422 e. The molecule has 2 aromatic rings. The average molecular weight is 287 g/mol. The lowest BCUT2D eigenvalue weighted by molar-refractivity contribution is -0.261. The van der Waals surface area contributed by atoms with E-state index in [1.165, 1.54) is 0 Å². The molecule has 0 saturated carbocycles. The first kappa shape index (κ1) is 13.2. The summed E-state index contributed by atoms with van der Waals surface area (Å²) in [5, 5.41) is 17.4. The Bertz CT molecular complexity index is 657. The molecule has 1 N–H and O–H groups in total. The number of aromatic nitrogens is 3. The summed E-state index contributed by atoms with van der Waals surface area (Å²) < 4.78 is 45.6. The lowest BCUT2D eigenvalue weighted by Crippen LogP contribution is -2.40. The second-order valence-corrected chi connectivity index (χ2v) is 5.14. The van der Waals surface area contributed by atoms with Crippen LogP contribution in [0.15, 0.2) is 16.8 Å². The predicted molar refractivity (Wildman–Crippen MR) is 61.8 cm³/mol. The van der Waals surface area contributed by atoms with Gasteiger partial charge in [0, 0.05) is 24.2 Å². The molecule has 0 aliphatic carbocycles. The number of alkyl halides is 3. The highest BCUT2D eigenvalue weighted by atomic mass is 19.4. The quantitative estimate of drug-likeness (QED) is 0.875. The van der Waals surface area contributed by atoms with Crippen molar-refractivity contribution in [2.24, 2.45) is 0 Å². The lowest BCUT2D eigenvalue weighted by Gasteiger charge is -2.27. The zero-order valence-electron chi connectivity index (χ0n) is 10.8. The second-order valence-electron chi connectivity index (χ2n) is 5.14. The Morgan fingerprint density at radius 1 is 1.45 bits per heavy atom. The minimum absolute atomic E-state index is 0.237. The van der Waals surface area contributed by atoms with Crippen molar-refractivity contribution in [1.29, 1.82) is 0 Å². The van der Waals surface area contributed by atoms with Gasteiger partial charge in [0.05, 0.1) is 0 Å². The Labute approximate surface area is 112 Å². The topological polar surface area (TPSA) is 64.1 Å². The third-order valence-corrected chi connectivity index (χ3v) is 3.63. The normalized spacial score (nSPS) is 21.2. The first-order valence-electron chi connectivity index (χ1n) is 6.05. The van der Waals surface area contributed by atoms with Crippen LogP contribution in [0.2, 0.25) is 0 Å². The van der Waals surface area contributed by atoms with Crippen LogP contribution in [0.3, 0.4) is 0 Å². The van der Waals surface area contributed by atoms with Gasteiger partial charge in [-0.3, -0.25) is 4.68 Å². The molecule has 5 nitrogen and oxygen atoms in total. The van der Waals surface area contributed by atoms with Crippen LogP contribution in [0.4, 0.5) is 13.2 Å². The van der Waals surface area contributed by atoms with E-state index in [4.69, 9.17) is 4.52 Å². The third kappa shape index (κ3) is 1.60. The van der Waals surface area contributed by atoms with Crippen molar-refractivity contribution in [2.45, 2.75) is 38.1 Å². The minimum Gasteiger partial charge on any atom is -0.375 e. The maximum atomic E-state index is 13.0. The standard InChI is InChI=1S/C12H12F3N3O2/c1-6-5-18-7(3-4-16-18)9-8(6)10(17-20-9)11(2,19)12(13,14)15/h3-4,6,19H,5H2,1-2H3/t6-,11+/m0/s1. The summed E-state index contributed by atoms with van der Waals surface area (Å²) in [5.41, 5.74) is -2.66. The summed E-state index contributed by atoms with van der Waals surface area (Å²) in [5.74, 6) is -0.0479. The minimum atomic E-state index is -4.82. The van der Waals surface area contributed by atoms with Crippen LogP contribution < -0.4 is 0 Å². The van der Waals surface area contributed by atoms with Crippen molar-refractivity contribution in [3.63, 3.8) is 0 Å². The van der Waals surface area contributed by atoms with Gasteiger partial charge in [-0.2, -0.15) is 18.3 Å². The molecule has 0 fully saturated rings. The molecule has 3 rings (SSSR count). The molecule has 0 bridgehead atoms. The number of nitrogens with zero attached hydrogens (tertiary/aromatic N) is 3. The average Bonchev–Trinajstić information content (AvgIpc) is 2.91. The Morgan fingerprint density at radius 3 is 2.80 bits per heavy atom. The molecule has 0 saturated heterocycles. The summed E-state index contributed by atoms with van der Waals surface area (Å²) in [6.45, 7) is 2.85. The molecule has 1 aliphatic heterocycles. The van der Waals surface area contributed by atoms with Crippen LogP contribution in [0.5, 0.6) is 0 Å². The summed E-state index contributed by atoms with van der Waals surface area (Å²) in [7, 11) is 0. The Morgan fingerprint density at radius 2 is 2.15 bits per heavy atom. The first-order valence-corrected chi connectivity index (χ1v) is 6.05. The fraction of sp³-hybridized carbons (Fsp3) is 0.500. The van der Waals surface area contributed by atoms with Crippen molar-refractivity contribution < 1.29 is 22.8 Å². The number of hydrogen-bond acceptors (Lipinski definition) is 4. The highest BCUT2D eigenvalue weighted by Gasteiger charge is 2.55. The molecule has 0 unspecified atom stereocenters. The van der Waals surface area contributed by atoms with Gasteiger partial charge in [0.25, 0.3) is 0 Å². The number of fused-ring (bicyclic) bond motifs is 3. The predicted octanol–water partition coefficient (Wildman–Crippen LogP) is 2.43. The largest absolute Gasteiger partial charge is 0.422 e. The Kier molecular flexibility index (Phi) is 2.53. The summed E-state index contributed by atoms with van der Waals surface area (Å²) in [6, 6.07) is 1.64. The van der Waals surface area contributed by atoms with E-state index in [0.29, 0.717) is 24.7 Å². The zero-order valence-corrected chi connectivity index (χ0v) is 10.8. The van der Waals surface area contributed by atoms with Crippen LogP contribution in [-0.2, 0) is 12.1 Å². The zero-order chi connectivity index (χ0) is 14.7. The maximum absolute atomic E-state index is 13.0. The van der Waals surface area contributed by atoms with Gasteiger partial charge in [-0.25, -0.2) is 0 Å². The molecule has 0 amide bonds. The molecule has 2 atom stereocenters. The molecular formula is C12H12F3N3O2. The molecule has 3 heterocycles. The number of hydrogen-bond donors (Lipinski definition) is 1. The summed E-state index contributed by atoms with van der Waals surface area (Å²) in [6.07, 6.45) is -3.28. The molecule has 0 spiro atoms. The van der Waals surface area contributed by atoms with Crippen molar-refractivity contribution in [2.75, 3.05) is 0 Å². The van der Waals surface area contributed by atoms with E-state index < -0.39 is 17.5 Å². The van der Waals surface area contributed by atoms with Crippen molar-refractivity contribution >= 4 is 0 Å². The van der Waals surface area contributed by atoms with Gasteiger partial charge in [-0.15, -0.1) is 0 Å². The lowest BCUT2D eigenvalue weighted by atomic mass is 9.88.